The van der Waals surface area contributed by atoms with Crippen LogP contribution in [0.4, 0.5) is 0 Å². The number of hydrogen-bond acceptors (Lipinski definition) is 4. The number of carbonyl (C=O) groups is 1. The van der Waals surface area contributed by atoms with Crippen LogP contribution in [-0.2, 0) is 13.2 Å². The van der Waals surface area contributed by atoms with E-state index < -0.39 is 0 Å². The number of benzene rings is 2. The first-order valence-electron chi connectivity index (χ1n) is 10.8. The van der Waals surface area contributed by atoms with Gasteiger partial charge in [0.1, 0.15) is 12.4 Å². The third-order valence-electron chi connectivity index (χ3n) is 6.00. The number of ether oxygens (including phenoxy) is 1. The molecule has 1 aliphatic rings. The average Bonchev–Trinajstić information content (AvgIpc) is 3.25. The van der Waals surface area contributed by atoms with Crippen molar-refractivity contribution in [2.24, 2.45) is 0 Å². The van der Waals surface area contributed by atoms with Crippen LogP contribution in [0.15, 0.2) is 53.9 Å². The Morgan fingerprint density at radius 2 is 1.71 bits per heavy atom. The molecule has 2 heterocycles. The molecule has 162 valence electrons. The second kappa shape index (κ2) is 9.67. The highest BCUT2D eigenvalue weighted by atomic mass is 32.1. The molecule has 1 fully saturated rings. The summed E-state index contributed by atoms with van der Waals surface area (Å²) < 4.78 is 6.00. The summed E-state index contributed by atoms with van der Waals surface area (Å²) >= 11 is 1.51. The molecule has 1 aliphatic heterocycles. The number of amides is 1. The first-order valence-corrected chi connectivity index (χ1v) is 11.7. The Bertz CT molecular complexity index is 1030. The molecule has 31 heavy (non-hydrogen) atoms. The van der Waals surface area contributed by atoms with Gasteiger partial charge in [-0.2, -0.15) is 0 Å². The minimum Gasteiger partial charge on any atom is -0.489 e. The molecule has 1 amide bonds. The zero-order chi connectivity index (χ0) is 21.8. The van der Waals surface area contributed by atoms with Gasteiger partial charge in [0, 0.05) is 38.3 Å². The third-order valence-corrected chi connectivity index (χ3v) is 6.97. The van der Waals surface area contributed by atoms with Crippen LogP contribution in [0.5, 0.6) is 5.75 Å². The second-order valence-electron chi connectivity index (χ2n) is 8.36. The standard InChI is InChI=1S/C26H30N2O2S/c1-19-7-9-22(10-8-19)16-27-11-13-28(14-12-27)26(29)25-15-23(18-31-25)17-30-24-6-4-5-20(2)21(24)3/h4-10,15,18H,11-14,16-17H2,1-3H3. The predicted molar refractivity (Wildman–Crippen MR) is 127 cm³/mol. The molecule has 3 aromatic rings. The molecule has 4 nitrogen and oxygen atoms in total. The molecule has 0 bridgehead atoms. The van der Waals surface area contributed by atoms with Crippen molar-refractivity contribution in [3.05, 3.63) is 86.6 Å². The summed E-state index contributed by atoms with van der Waals surface area (Å²) in [6.45, 7) is 11.1. The van der Waals surface area contributed by atoms with Gasteiger partial charge >= 0.3 is 0 Å². The van der Waals surface area contributed by atoms with E-state index in [0.29, 0.717) is 6.61 Å². The van der Waals surface area contributed by atoms with Crippen LogP contribution < -0.4 is 4.74 Å². The molecule has 4 rings (SSSR count). The van der Waals surface area contributed by atoms with Crippen molar-refractivity contribution in [1.29, 1.82) is 0 Å². The maximum Gasteiger partial charge on any atom is 0.264 e. The van der Waals surface area contributed by atoms with Gasteiger partial charge in [-0.25, -0.2) is 0 Å². The van der Waals surface area contributed by atoms with Crippen LogP contribution >= 0.6 is 11.3 Å². The molecule has 2 aromatic carbocycles. The zero-order valence-electron chi connectivity index (χ0n) is 18.6. The molecule has 0 radical (unpaired) electrons. The summed E-state index contributed by atoms with van der Waals surface area (Å²) in [5.74, 6) is 1.04. The number of thiophene rings is 1. The highest BCUT2D eigenvalue weighted by Crippen LogP contribution is 2.24. The molecule has 0 aliphatic carbocycles. The van der Waals surface area contributed by atoms with Gasteiger partial charge in [0.25, 0.3) is 5.91 Å². The number of nitrogens with zero attached hydrogens (tertiary/aromatic N) is 2. The highest BCUT2D eigenvalue weighted by Gasteiger charge is 2.23. The molecule has 0 atom stereocenters. The minimum absolute atomic E-state index is 0.137. The van der Waals surface area contributed by atoms with Gasteiger partial charge in [-0.15, -0.1) is 11.3 Å². The monoisotopic (exact) mass is 434 g/mol. The first-order chi connectivity index (χ1) is 15.0. The van der Waals surface area contributed by atoms with E-state index >= 15 is 0 Å². The summed E-state index contributed by atoms with van der Waals surface area (Å²) in [6, 6.07) is 16.8. The Kier molecular flexibility index (Phi) is 6.73. The van der Waals surface area contributed by atoms with Crippen molar-refractivity contribution >= 4 is 17.2 Å². The van der Waals surface area contributed by atoms with Crippen LogP contribution in [0.3, 0.4) is 0 Å². The van der Waals surface area contributed by atoms with E-state index in [1.54, 1.807) is 0 Å². The fourth-order valence-electron chi connectivity index (χ4n) is 3.82. The quantitative estimate of drug-likeness (QED) is 0.534. The molecular weight excluding hydrogens is 404 g/mol. The van der Waals surface area contributed by atoms with Crippen molar-refractivity contribution in [1.82, 2.24) is 9.80 Å². The smallest absolute Gasteiger partial charge is 0.264 e. The van der Waals surface area contributed by atoms with Crippen LogP contribution in [0.25, 0.3) is 0 Å². The lowest BCUT2D eigenvalue weighted by Crippen LogP contribution is -2.48. The van der Waals surface area contributed by atoms with E-state index in [9.17, 15) is 4.79 Å². The number of aryl methyl sites for hydroxylation is 2. The van der Waals surface area contributed by atoms with Crippen LogP contribution in [0, 0.1) is 20.8 Å². The molecular formula is C26H30N2O2S. The van der Waals surface area contributed by atoms with Crippen LogP contribution in [-0.4, -0.2) is 41.9 Å². The molecule has 1 aromatic heterocycles. The normalized spacial score (nSPS) is 14.6. The maximum absolute atomic E-state index is 13.0. The Balaban J connectivity index is 1.29. The van der Waals surface area contributed by atoms with Gasteiger partial charge in [-0.05, 0) is 55.0 Å². The lowest BCUT2D eigenvalue weighted by Gasteiger charge is -2.34. The molecule has 0 spiro atoms. The van der Waals surface area contributed by atoms with E-state index in [1.807, 2.05) is 28.5 Å². The minimum atomic E-state index is 0.137. The van der Waals surface area contributed by atoms with Crippen molar-refractivity contribution in [2.75, 3.05) is 26.2 Å². The lowest BCUT2D eigenvalue weighted by atomic mass is 10.1. The predicted octanol–water partition coefficient (Wildman–Crippen LogP) is 5.21. The summed E-state index contributed by atoms with van der Waals surface area (Å²) in [5, 5.41) is 2.03. The Labute approximate surface area is 189 Å². The van der Waals surface area contributed by atoms with Gasteiger partial charge in [-0.1, -0.05) is 42.0 Å². The maximum atomic E-state index is 13.0. The molecule has 5 heteroatoms. The largest absolute Gasteiger partial charge is 0.489 e. The van der Waals surface area contributed by atoms with Gasteiger partial charge < -0.3 is 9.64 Å². The number of rotatable bonds is 6. The SMILES string of the molecule is Cc1ccc(CN2CCN(C(=O)c3cc(COc4cccc(C)c4C)cs3)CC2)cc1. The summed E-state index contributed by atoms with van der Waals surface area (Å²) in [6.07, 6.45) is 0. The van der Waals surface area contributed by atoms with E-state index in [4.69, 9.17) is 4.74 Å². The van der Waals surface area contributed by atoms with Crippen LogP contribution in [0.2, 0.25) is 0 Å². The van der Waals surface area contributed by atoms with E-state index in [0.717, 1.165) is 54.5 Å². The van der Waals surface area contributed by atoms with Crippen molar-refractivity contribution < 1.29 is 9.53 Å². The van der Waals surface area contributed by atoms with Crippen molar-refractivity contribution in [3.63, 3.8) is 0 Å². The van der Waals surface area contributed by atoms with Gasteiger partial charge in [-0.3, -0.25) is 9.69 Å². The zero-order valence-corrected chi connectivity index (χ0v) is 19.4. The summed E-state index contributed by atoms with van der Waals surface area (Å²) in [7, 11) is 0. The second-order valence-corrected chi connectivity index (χ2v) is 9.27. The molecule has 1 saturated heterocycles. The van der Waals surface area contributed by atoms with Crippen molar-refractivity contribution in [3.8, 4) is 5.75 Å². The van der Waals surface area contributed by atoms with Gasteiger partial charge in [0.05, 0.1) is 4.88 Å². The van der Waals surface area contributed by atoms with Crippen LogP contribution in [0.1, 0.15) is 37.5 Å². The number of hydrogen-bond donors (Lipinski definition) is 0. The van der Waals surface area contributed by atoms with E-state index in [1.165, 1.54) is 28.0 Å². The first kappa shape index (κ1) is 21.6. The molecule has 0 unspecified atom stereocenters. The Morgan fingerprint density at radius 1 is 0.968 bits per heavy atom. The molecule has 0 N–H and O–H groups in total. The Morgan fingerprint density at radius 3 is 2.45 bits per heavy atom. The summed E-state index contributed by atoms with van der Waals surface area (Å²) in [5.41, 5.74) is 6.05. The molecule has 0 saturated carbocycles. The van der Waals surface area contributed by atoms with Gasteiger partial charge in [0.15, 0.2) is 0 Å². The number of piperazine rings is 1. The topological polar surface area (TPSA) is 32.8 Å². The average molecular weight is 435 g/mol. The third kappa shape index (κ3) is 5.35. The highest BCUT2D eigenvalue weighted by molar-refractivity contribution is 7.12. The lowest BCUT2D eigenvalue weighted by molar-refractivity contribution is 0.0633. The summed E-state index contributed by atoms with van der Waals surface area (Å²) in [4.78, 5) is 18.2. The van der Waals surface area contributed by atoms with Gasteiger partial charge in [0.2, 0.25) is 0 Å². The fourth-order valence-corrected chi connectivity index (χ4v) is 4.69. The van der Waals surface area contributed by atoms with E-state index in [-0.39, 0.29) is 5.91 Å². The van der Waals surface area contributed by atoms with Crippen molar-refractivity contribution in [2.45, 2.75) is 33.9 Å². The van der Waals surface area contributed by atoms with E-state index in [2.05, 4.69) is 56.0 Å². The number of carbonyl (C=O) groups excluding carboxylic acids is 1. The fraction of sp³-hybridized carbons (Fsp3) is 0.346. The Hall–Kier alpha value is -2.63.